The van der Waals surface area contributed by atoms with E-state index in [4.69, 9.17) is 21.1 Å². The van der Waals surface area contributed by atoms with Crippen LogP contribution in [0.2, 0.25) is 5.02 Å². The Labute approximate surface area is 172 Å². The van der Waals surface area contributed by atoms with Crippen LogP contribution in [0, 0.1) is 6.92 Å². The molecule has 29 heavy (non-hydrogen) atoms. The van der Waals surface area contributed by atoms with Gasteiger partial charge >= 0.3 is 6.03 Å². The van der Waals surface area contributed by atoms with Gasteiger partial charge in [0.15, 0.2) is 11.5 Å². The van der Waals surface area contributed by atoms with E-state index in [1.807, 2.05) is 6.92 Å². The molecule has 0 bridgehead atoms. The summed E-state index contributed by atoms with van der Waals surface area (Å²) in [7, 11) is 1.46. The fourth-order valence-electron chi connectivity index (χ4n) is 2.99. The third-order valence-corrected chi connectivity index (χ3v) is 4.59. The van der Waals surface area contributed by atoms with E-state index in [0.29, 0.717) is 29.4 Å². The first-order valence-electron chi connectivity index (χ1n) is 8.84. The van der Waals surface area contributed by atoms with Crippen molar-refractivity contribution in [2.75, 3.05) is 18.6 Å². The summed E-state index contributed by atoms with van der Waals surface area (Å²) in [4.78, 5) is 38.6. The molecule has 8 heteroatoms. The van der Waals surface area contributed by atoms with Gasteiger partial charge < -0.3 is 9.47 Å². The van der Waals surface area contributed by atoms with E-state index >= 15 is 0 Å². The number of anilines is 1. The second kappa shape index (κ2) is 8.36. The van der Waals surface area contributed by atoms with Gasteiger partial charge in [-0.15, -0.1) is 0 Å². The van der Waals surface area contributed by atoms with Gasteiger partial charge in [0.2, 0.25) is 0 Å². The van der Waals surface area contributed by atoms with E-state index in [9.17, 15) is 14.4 Å². The van der Waals surface area contributed by atoms with Gasteiger partial charge in [0.05, 0.1) is 24.4 Å². The van der Waals surface area contributed by atoms with Crippen LogP contribution in [0.25, 0.3) is 6.08 Å². The van der Waals surface area contributed by atoms with E-state index in [0.717, 1.165) is 10.5 Å². The smallest absolute Gasteiger partial charge is 0.335 e. The molecule has 1 fully saturated rings. The van der Waals surface area contributed by atoms with Gasteiger partial charge in [-0.25, -0.2) is 9.69 Å². The third kappa shape index (κ3) is 3.95. The van der Waals surface area contributed by atoms with E-state index < -0.39 is 17.8 Å². The minimum Gasteiger partial charge on any atom is -0.491 e. The van der Waals surface area contributed by atoms with E-state index in [1.165, 1.54) is 13.2 Å². The van der Waals surface area contributed by atoms with Crippen molar-refractivity contribution >= 4 is 41.2 Å². The van der Waals surface area contributed by atoms with Crippen LogP contribution in [0.4, 0.5) is 10.5 Å². The van der Waals surface area contributed by atoms with Gasteiger partial charge in [-0.1, -0.05) is 29.8 Å². The predicted octanol–water partition coefficient (Wildman–Crippen LogP) is 3.72. The number of carbonyl (C=O) groups excluding carboxylic acids is 3. The Hall–Kier alpha value is -3.32. The summed E-state index contributed by atoms with van der Waals surface area (Å²) in [5.41, 5.74) is 1.38. The Balaban J connectivity index is 2.06. The molecule has 2 aromatic carbocycles. The molecule has 0 radical (unpaired) electrons. The average Bonchev–Trinajstić information content (AvgIpc) is 2.67. The summed E-state index contributed by atoms with van der Waals surface area (Å²) in [6.45, 7) is 3.96. The minimum atomic E-state index is -0.797. The normalized spacial score (nSPS) is 15.5. The molecule has 0 unspecified atom stereocenters. The van der Waals surface area contributed by atoms with Gasteiger partial charge in [0, 0.05) is 0 Å². The van der Waals surface area contributed by atoms with Crippen molar-refractivity contribution in [2.45, 2.75) is 13.8 Å². The lowest BCUT2D eigenvalue weighted by molar-refractivity contribution is -0.122. The first-order valence-corrected chi connectivity index (χ1v) is 9.22. The molecule has 1 aliphatic heterocycles. The fraction of sp³-hybridized carbons (Fsp3) is 0.190. The second-order valence-corrected chi connectivity index (χ2v) is 6.62. The van der Waals surface area contributed by atoms with Crippen LogP contribution in [0.1, 0.15) is 18.1 Å². The van der Waals surface area contributed by atoms with Crippen molar-refractivity contribution in [2.24, 2.45) is 0 Å². The van der Waals surface area contributed by atoms with Crippen molar-refractivity contribution in [1.29, 1.82) is 0 Å². The number of nitrogens with one attached hydrogen (secondary N) is 1. The molecular weight excluding hydrogens is 396 g/mol. The molecular formula is C21H19ClN2O5. The Bertz CT molecular complexity index is 1030. The van der Waals surface area contributed by atoms with Crippen molar-refractivity contribution in [1.82, 2.24) is 5.32 Å². The van der Waals surface area contributed by atoms with Crippen LogP contribution >= 0.6 is 11.6 Å². The molecule has 1 heterocycles. The molecule has 2 aromatic rings. The van der Waals surface area contributed by atoms with E-state index in [2.05, 4.69) is 5.32 Å². The lowest BCUT2D eigenvalue weighted by Gasteiger charge is -2.27. The number of halogens is 1. The van der Waals surface area contributed by atoms with Crippen LogP contribution in [0.5, 0.6) is 11.5 Å². The van der Waals surface area contributed by atoms with Crippen molar-refractivity contribution in [3.8, 4) is 11.5 Å². The van der Waals surface area contributed by atoms with Gasteiger partial charge in [-0.3, -0.25) is 14.9 Å². The van der Waals surface area contributed by atoms with E-state index in [1.54, 1.807) is 43.3 Å². The number of benzene rings is 2. The quantitative estimate of drug-likeness (QED) is 0.595. The topological polar surface area (TPSA) is 84.9 Å². The Morgan fingerprint density at radius 3 is 2.55 bits per heavy atom. The second-order valence-electron chi connectivity index (χ2n) is 6.21. The average molecular weight is 415 g/mol. The molecule has 4 amide bonds. The number of urea groups is 1. The number of nitrogens with zero attached hydrogens (tertiary/aromatic N) is 1. The summed E-state index contributed by atoms with van der Waals surface area (Å²) in [6, 6.07) is 9.27. The molecule has 1 saturated heterocycles. The van der Waals surface area contributed by atoms with Crippen LogP contribution in [0.3, 0.4) is 0 Å². The monoisotopic (exact) mass is 414 g/mol. The molecule has 7 nitrogen and oxygen atoms in total. The number of carbonyl (C=O) groups is 3. The van der Waals surface area contributed by atoms with Crippen LogP contribution in [0.15, 0.2) is 42.0 Å². The van der Waals surface area contributed by atoms with E-state index in [-0.39, 0.29) is 10.6 Å². The third-order valence-electron chi connectivity index (χ3n) is 4.30. The van der Waals surface area contributed by atoms with Crippen LogP contribution in [-0.4, -0.2) is 31.6 Å². The van der Waals surface area contributed by atoms with Gasteiger partial charge in [0.1, 0.15) is 5.57 Å². The predicted molar refractivity (Wildman–Crippen MR) is 109 cm³/mol. The molecule has 0 atom stereocenters. The van der Waals surface area contributed by atoms with Crippen molar-refractivity contribution < 1.29 is 23.9 Å². The number of para-hydroxylation sites is 1. The number of rotatable bonds is 5. The lowest BCUT2D eigenvalue weighted by Crippen LogP contribution is -2.54. The molecule has 1 aliphatic rings. The maximum Gasteiger partial charge on any atom is 0.335 e. The first-order chi connectivity index (χ1) is 13.9. The Morgan fingerprint density at radius 1 is 1.17 bits per heavy atom. The molecule has 0 spiro atoms. The zero-order valence-electron chi connectivity index (χ0n) is 16.1. The first kappa shape index (κ1) is 20.4. The molecule has 150 valence electrons. The largest absolute Gasteiger partial charge is 0.491 e. The number of ether oxygens (including phenoxy) is 2. The number of hydrogen-bond donors (Lipinski definition) is 1. The summed E-state index contributed by atoms with van der Waals surface area (Å²) in [6.07, 6.45) is 1.36. The molecule has 3 rings (SSSR count). The highest BCUT2D eigenvalue weighted by molar-refractivity contribution is 6.39. The summed E-state index contributed by atoms with van der Waals surface area (Å²) >= 11 is 6.25. The van der Waals surface area contributed by atoms with Gasteiger partial charge in [-0.2, -0.15) is 0 Å². The Morgan fingerprint density at radius 2 is 1.90 bits per heavy atom. The maximum atomic E-state index is 13.0. The fourth-order valence-corrected chi connectivity index (χ4v) is 3.29. The van der Waals surface area contributed by atoms with Crippen LogP contribution < -0.4 is 19.7 Å². The number of imide groups is 2. The van der Waals surface area contributed by atoms with Crippen molar-refractivity contribution in [3.63, 3.8) is 0 Å². The van der Waals surface area contributed by atoms with Gasteiger partial charge in [0.25, 0.3) is 11.8 Å². The van der Waals surface area contributed by atoms with Crippen LogP contribution in [-0.2, 0) is 9.59 Å². The highest BCUT2D eigenvalue weighted by atomic mass is 35.5. The number of barbiturate groups is 1. The number of aryl methyl sites for hydroxylation is 1. The lowest BCUT2D eigenvalue weighted by atomic mass is 10.1. The summed E-state index contributed by atoms with van der Waals surface area (Å²) < 4.78 is 10.8. The zero-order chi connectivity index (χ0) is 21.1. The zero-order valence-corrected chi connectivity index (χ0v) is 16.9. The molecule has 0 aliphatic carbocycles. The maximum absolute atomic E-state index is 13.0. The minimum absolute atomic E-state index is 0.198. The highest BCUT2D eigenvalue weighted by Crippen LogP contribution is 2.37. The van der Waals surface area contributed by atoms with Crippen molar-refractivity contribution in [3.05, 3.63) is 58.1 Å². The molecule has 0 saturated carbocycles. The Kier molecular flexibility index (Phi) is 5.89. The SMILES string of the molecule is CCOc1cc(/C=C2\C(=O)NC(=O)N(c3ccccc3C)C2=O)cc(Cl)c1OC. The molecule has 0 aromatic heterocycles. The number of hydrogen-bond acceptors (Lipinski definition) is 5. The standard InChI is InChI=1S/C21H19ClN2O5/c1-4-29-17-11-13(10-15(22)18(17)28-3)9-14-19(25)23-21(27)24(20(14)26)16-8-6-5-7-12(16)2/h5-11H,4H2,1-3H3,(H,23,25,27)/b14-9+. The van der Waals surface area contributed by atoms with Gasteiger partial charge in [-0.05, 0) is 49.2 Å². The number of methoxy groups -OCH3 is 1. The summed E-state index contributed by atoms with van der Waals surface area (Å²) in [5, 5.41) is 2.47. The summed E-state index contributed by atoms with van der Waals surface area (Å²) in [5.74, 6) is -0.774. The molecule has 1 N–H and O–H groups in total. The number of amides is 4. The highest BCUT2D eigenvalue weighted by Gasteiger charge is 2.37.